The number of hydrogen-bond acceptors (Lipinski definition) is 6. The molecule has 0 radical (unpaired) electrons. The zero-order valence-electron chi connectivity index (χ0n) is 18.4. The van der Waals surface area contributed by atoms with Crippen molar-refractivity contribution in [3.63, 3.8) is 0 Å². The summed E-state index contributed by atoms with van der Waals surface area (Å²) >= 11 is 0. The fourth-order valence-electron chi connectivity index (χ4n) is 3.46. The Hall–Kier alpha value is -3.26. The molecule has 8 heteroatoms. The molecule has 1 N–H and O–H groups in total. The molecule has 31 heavy (non-hydrogen) atoms. The Morgan fingerprint density at radius 2 is 1.77 bits per heavy atom. The number of para-hydroxylation sites is 2. The van der Waals surface area contributed by atoms with Crippen LogP contribution >= 0.6 is 0 Å². The van der Waals surface area contributed by atoms with E-state index >= 15 is 0 Å². The summed E-state index contributed by atoms with van der Waals surface area (Å²) in [4.78, 5) is 17.4. The van der Waals surface area contributed by atoms with Gasteiger partial charge in [-0.15, -0.1) is 0 Å². The van der Waals surface area contributed by atoms with E-state index < -0.39 is 0 Å². The average Bonchev–Trinajstić information content (AvgIpc) is 3.12. The summed E-state index contributed by atoms with van der Waals surface area (Å²) in [5.74, 6) is 1.84. The minimum Gasteiger partial charge on any atom is -0.493 e. The molecular weight excluding hydrogens is 398 g/mol. The highest BCUT2D eigenvalue weighted by Crippen LogP contribution is 2.38. The van der Waals surface area contributed by atoms with Gasteiger partial charge in [-0.05, 0) is 43.2 Å². The third-order valence-electron chi connectivity index (χ3n) is 4.87. The van der Waals surface area contributed by atoms with Crippen molar-refractivity contribution >= 4 is 22.9 Å². The topological polar surface area (TPSA) is 83.8 Å². The first-order valence-electron chi connectivity index (χ1n) is 10.2. The fraction of sp³-hybridized carbons (Fsp3) is 0.391. The number of anilines is 1. The summed E-state index contributed by atoms with van der Waals surface area (Å²) in [5.41, 5.74) is 2.55. The molecule has 1 aromatic heterocycles. The van der Waals surface area contributed by atoms with E-state index in [1.807, 2.05) is 35.8 Å². The van der Waals surface area contributed by atoms with Crippen LogP contribution < -0.4 is 19.5 Å². The predicted molar refractivity (Wildman–Crippen MR) is 119 cm³/mol. The molecule has 8 nitrogen and oxygen atoms in total. The van der Waals surface area contributed by atoms with Gasteiger partial charge in [-0.3, -0.25) is 10.1 Å². The van der Waals surface area contributed by atoms with E-state index in [0.717, 1.165) is 23.0 Å². The number of amides is 1. The lowest BCUT2D eigenvalue weighted by Gasteiger charge is -2.14. The second-order valence-electron chi connectivity index (χ2n) is 6.88. The number of rotatable bonds is 11. The number of ether oxygens (including phenoxy) is 4. The minimum absolute atomic E-state index is 0.138. The monoisotopic (exact) mass is 427 g/mol. The van der Waals surface area contributed by atoms with Gasteiger partial charge in [0.25, 0.3) is 0 Å². The van der Waals surface area contributed by atoms with Crippen LogP contribution in [-0.2, 0) is 22.5 Å². The highest BCUT2D eigenvalue weighted by Gasteiger charge is 2.17. The van der Waals surface area contributed by atoms with E-state index in [0.29, 0.717) is 43.0 Å². The Morgan fingerprint density at radius 1 is 1.06 bits per heavy atom. The van der Waals surface area contributed by atoms with Crippen LogP contribution in [0.4, 0.5) is 5.95 Å². The first-order valence-corrected chi connectivity index (χ1v) is 10.2. The lowest BCUT2D eigenvalue weighted by molar-refractivity contribution is -0.115. The van der Waals surface area contributed by atoms with Crippen LogP contribution in [0.1, 0.15) is 18.9 Å². The molecule has 0 saturated carbocycles. The maximum absolute atomic E-state index is 12.8. The number of carbonyl (C=O) groups is 1. The lowest BCUT2D eigenvalue weighted by atomic mass is 10.1. The van der Waals surface area contributed by atoms with Crippen LogP contribution in [0.15, 0.2) is 36.4 Å². The van der Waals surface area contributed by atoms with Crippen LogP contribution in [-0.4, -0.2) is 50.0 Å². The smallest absolute Gasteiger partial charge is 0.231 e. The predicted octanol–water partition coefficient (Wildman–Crippen LogP) is 3.67. The molecule has 3 aromatic rings. The Kier molecular flexibility index (Phi) is 7.72. The summed E-state index contributed by atoms with van der Waals surface area (Å²) in [7, 11) is 4.64. The van der Waals surface area contributed by atoms with E-state index in [1.54, 1.807) is 33.5 Å². The molecule has 0 aliphatic carbocycles. The van der Waals surface area contributed by atoms with Crippen molar-refractivity contribution < 1.29 is 23.7 Å². The molecule has 0 atom stereocenters. The molecule has 0 unspecified atom stereocenters. The number of nitrogens with one attached hydrogen (secondary N) is 1. The zero-order chi connectivity index (χ0) is 22.2. The summed E-state index contributed by atoms with van der Waals surface area (Å²) in [6.07, 6.45) is 0.961. The van der Waals surface area contributed by atoms with Crippen LogP contribution in [0.5, 0.6) is 17.2 Å². The molecule has 0 saturated heterocycles. The van der Waals surface area contributed by atoms with E-state index in [9.17, 15) is 4.79 Å². The van der Waals surface area contributed by atoms with Crippen molar-refractivity contribution in [2.45, 2.75) is 26.3 Å². The molecule has 0 spiro atoms. The molecule has 0 bridgehead atoms. The van der Waals surface area contributed by atoms with Crippen LogP contribution in [0, 0.1) is 0 Å². The van der Waals surface area contributed by atoms with Gasteiger partial charge in [0.2, 0.25) is 17.6 Å². The fourth-order valence-corrected chi connectivity index (χ4v) is 3.46. The first-order chi connectivity index (χ1) is 15.1. The molecule has 0 fully saturated rings. The van der Waals surface area contributed by atoms with Crippen molar-refractivity contribution in [3.8, 4) is 17.2 Å². The molecule has 2 aromatic carbocycles. The van der Waals surface area contributed by atoms with Gasteiger partial charge in [-0.1, -0.05) is 12.1 Å². The molecular formula is C23H29N3O5. The van der Waals surface area contributed by atoms with E-state index in [4.69, 9.17) is 18.9 Å². The van der Waals surface area contributed by atoms with Gasteiger partial charge in [0, 0.05) is 19.8 Å². The highest BCUT2D eigenvalue weighted by molar-refractivity contribution is 5.93. The average molecular weight is 428 g/mol. The third-order valence-corrected chi connectivity index (χ3v) is 4.87. The van der Waals surface area contributed by atoms with Crippen molar-refractivity contribution in [2.75, 3.05) is 39.9 Å². The molecule has 1 heterocycles. The highest BCUT2D eigenvalue weighted by atomic mass is 16.5. The number of imidazole rings is 1. The molecule has 1 amide bonds. The van der Waals surface area contributed by atoms with Gasteiger partial charge in [-0.25, -0.2) is 4.98 Å². The van der Waals surface area contributed by atoms with Crippen molar-refractivity contribution in [2.24, 2.45) is 0 Å². The third kappa shape index (κ3) is 5.27. The number of aromatic nitrogens is 2. The summed E-state index contributed by atoms with van der Waals surface area (Å²) in [5, 5.41) is 2.95. The van der Waals surface area contributed by atoms with Crippen LogP contribution in [0.3, 0.4) is 0 Å². The first kappa shape index (κ1) is 22.4. The summed E-state index contributed by atoms with van der Waals surface area (Å²) < 4.78 is 23.6. The normalized spacial score (nSPS) is 10.8. The molecule has 0 aliphatic rings. The molecule has 166 valence electrons. The largest absolute Gasteiger partial charge is 0.493 e. The van der Waals surface area contributed by atoms with E-state index in [-0.39, 0.29) is 12.3 Å². The number of aryl methyl sites for hydroxylation is 1. The quantitative estimate of drug-likeness (QED) is 0.470. The Balaban J connectivity index is 1.80. The standard InChI is InChI=1S/C23H29N3O5/c1-5-31-12-8-11-26-18-10-7-6-9-17(18)24-23(26)25-21(27)15-16-13-19(28-2)22(30-4)20(14-16)29-3/h6-7,9-10,13-14H,5,8,11-12,15H2,1-4H3,(H,24,25,27). The Bertz CT molecular complexity index is 1010. The zero-order valence-corrected chi connectivity index (χ0v) is 18.4. The van der Waals surface area contributed by atoms with E-state index in [1.165, 1.54) is 0 Å². The second-order valence-corrected chi connectivity index (χ2v) is 6.88. The van der Waals surface area contributed by atoms with E-state index in [2.05, 4.69) is 10.3 Å². The SMILES string of the molecule is CCOCCCn1c(NC(=O)Cc2cc(OC)c(OC)c(OC)c2)nc2ccccc21. The Morgan fingerprint density at radius 3 is 2.42 bits per heavy atom. The number of nitrogens with zero attached hydrogens (tertiary/aromatic N) is 2. The van der Waals surface area contributed by atoms with Gasteiger partial charge < -0.3 is 23.5 Å². The van der Waals surface area contributed by atoms with Crippen molar-refractivity contribution in [3.05, 3.63) is 42.0 Å². The lowest BCUT2D eigenvalue weighted by Crippen LogP contribution is -2.18. The number of methoxy groups -OCH3 is 3. The van der Waals surface area contributed by atoms with Crippen LogP contribution in [0.25, 0.3) is 11.0 Å². The van der Waals surface area contributed by atoms with Crippen molar-refractivity contribution in [1.29, 1.82) is 0 Å². The molecule has 0 aliphatic heterocycles. The summed E-state index contributed by atoms with van der Waals surface area (Å²) in [6.45, 7) is 4.01. The van der Waals surface area contributed by atoms with Crippen molar-refractivity contribution in [1.82, 2.24) is 9.55 Å². The van der Waals surface area contributed by atoms with Gasteiger partial charge in [0.15, 0.2) is 11.5 Å². The Labute approximate surface area is 182 Å². The molecule has 3 rings (SSSR count). The van der Waals surface area contributed by atoms with Gasteiger partial charge in [-0.2, -0.15) is 0 Å². The maximum Gasteiger partial charge on any atom is 0.231 e. The van der Waals surface area contributed by atoms with Gasteiger partial charge in [0.05, 0.1) is 38.8 Å². The number of fused-ring (bicyclic) bond motifs is 1. The number of carbonyl (C=O) groups excluding carboxylic acids is 1. The number of benzene rings is 2. The second kappa shape index (κ2) is 10.7. The minimum atomic E-state index is -0.185. The van der Waals surface area contributed by atoms with Gasteiger partial charge in [0.1, 0.15) is 0 Å². The summed E-state index contributed by atoms with van der Waals surface area (Å²) in [6, 6.07) is 11.4. The van der Waals surface area contributed by atoms with Crippen LogP contribution in [0.2, 0.25) is 0 Å². The maximum atomic E-state index is 12.8. The van der Waals surface area contributed by atoms with Gasteiger partial charge >= 0.3 is 0 Å². The number of hydrogen-bond donors (Lipinski definition) is 1.